The van der Waals surface area contributed by atoms with Crippen LogP contribution in [0.25, 0.3) is 26.6 Å². The molecule has 0 saturated carbocycles. The summed E-state index contributed by atoms with van der Waals surface area (Å²) < 4.78 is 51.1. The number of piperazine rings is 1. The molecule has 0 aliphatic carbocycles. The van der Waals surface area contributed by atoms with E-state index in [-0.39, 0.29) is 16.3 Å². The fourth-order valence-corrected chi connectivity index (χ4v) is 7.26. The Kier molecular flexibility index (Phi) is 5.84. The second-order valence-corrected chi connectivity index (χ2v) is 11.7. The lowest BCUT2D eigenvalue weighted by molar-refractivity contribution is 0.180. The minimum Gasteiger partial charge on any atom is -0.295 e. The molecule has 0 atom stereocenters. The zero-order chi connectivity index (χ0) is 24.9. The van der Waals surface area contributed by atoms with Crippen molar-refractivity contribution in [2.24, 2.45) is 0 Å². The van der Waals surface area contributed by atoms with E-state index in [1.54, 1.807) is 30.3 Å². The highest BCUT2D eigenvalue weighted by Crippen LogP contribution is 2.26. The van der Waals surface area contributed by atoms with E-state index in [9.17, 15) is 17.6 Å². The number of hydrogen-bond acceptors (Lipinski definition) is 10. The maximum atomic E-state index is 13.6. The van der Waals surface area contributed by atoms with Gasteiger partial charge in [0.2, 0.25) is 15.0 Å². The van der Waals surface area contributed by atoms with E-state index in [4.69, 9.17) is 0 Å². The maximum absolute atomic E-state index is 13.6. The fourth-order valence-electron chi connectivity index (χ4n) is 4.16. The standard InChI is InChI=1S/C22H18FN7O3S3/c23-15-4-1-3-14(11-15)21-25-30-19(31)12-16(24-22(30)34-21)13-28-7-9-29(10-8-28)36(32,33)18-6-2-5-17-20(18)27-35-26-17/h1-6,11-12H,7-10,13H2. The highest BCUT2D eigenvalue weighted by atomic mass is 32.2. The molecule has 5 aromatic rings. The summed E-state index contributed by atoms with van der Waals surface area (Å²) in [4.78, 5) is 19.9. The number of nitrogens with zero attached hydrogens (tertiary/aromatic N) is 7. The Balaban J connectivity index is 1.18. The van der Waals surface area contributed by atoms with Gasteiger partial charge < -0.3 is 0 Å². The quantitative estimate of drug-likeness (QED) is 0.332. The van der Waals surface area contributed by atoms with Crippen LogP contribution in [0.5, 0.6) is 0 Å². The molecular weight excluding hydrogens is 525 g/mol. The number of hydrogen-bond donors (Lipinski definition) is 0. The van der Waals surface area contributed by atoms with Gasteiger partial charge in [-0.2, -0.15) is 22.7 Å². The summed E-state index contributed by atoms with van der Waals surface area (Å²) in [6.07, 6.45) is 0. The van der Waals surface area contributed by atoms with Gasteiger partial charge in [-0.1, -0.05) is 29.5 Å². The molecule has 0 spiro atoms. The highest BCUT2D eigenvalue weighted by Gasteiger charge is 2.31. The van der Waals surface area contributed by atoms with E-state index in [1.807, 2.05) is 0 Å². The smallest absolute Gasteiger partial charge is 0.275 e. The second kappa shape index (κ2) is 9.05. The molecule has 2 aromatic carbocycles. The number of aromatic nitrogens is 5. The van der Waals surface area contributed by atoms with Crippen molar-refractivity contribution in [1.82, 2.24) is 32.6 Å². The van der Waals surface area contributed by atoms with Crippen molar-refractivity contribution in [2.75, 3.05) is 26.2 Å². The van der Waals surface area contributed by atoms with Crippen LogP contribution >= 0.6 is 23.1 Å². The summed E-state index contributed by atoms with van der Waals surface area (Å²) in [6.45, 7) is 1.99. The third-order valence-electron chi connectivity index (χ3n) is 5.95. The molecule has 1 aliphatic rings. The topological polar surface area (TPSA) is 114 Å². The molecule has 1 fully saturated rings. The third-order valence-corrected chi connectivity index (χ3v) is 9.38. The summed E-state index contributed by atoms with van der Waals surface area (Å²) in [7, 11) is -3.71. The number of halogens is 1. The molecular formula is C22H18FN7O3S3. The van der Waals surface area contributed by atoms with Crippen LogP contribution in [0.3, 0.4) is 0 Å². The molecule has 1 aliphatic heterocycles. The minimum absolute atomic E-state index is 0.168. The Morgan fingerprint density at radius 2 is 1.81 bits per heavy atom. The summed E-state index contributed by atoms with van der Waals surface area (Å²) in [5.74, 6) is -0.381. The van der Waals surface area contributed by atoms with E-state index in [2.05, 4.69) is 23.7 Å². The highest BCUT2D eigenvalue weighted by molar-refractivity contribution is 7.89. The van der Waals surface area contributed by atoms with Gasteiger partial charge in [-0.05, 0) is 24.3 Å². The van der Waals surface area contributed by atoms with Crippen molar-refractivity contribution < 1.29 is 12.8 Å². The zero-order valence-corrected chi connectivity index (χ0v) is 21.1. The maximum Gasteiger partial charge on any atom is 0.275 e. The van der Waals surface area contributed by atoms with E-state index in [1.165, 1.54) is 38.4 Å². The molecule has 0 radical (unpaired) electrons. The van der Waals surface area contributed by atoms with Crippen molar-refractivity contribution in [3.05, 3.63) is 70.4 Å². The number of fused-ring (bicyclic) bond motifs is 2. The van der Waals surface area contributed by atoms with Gasteiger partial charge in [0.25, 0.3) is 5.56 Å². The second-order valence-electron chi connectivity index (χ2n) is 8.27. The number of benzene rings is 2. The predicted octanol–water partition coefficient (Wildman–Crippen LogP) is 2.47. The van der Waals surface area contributed by atoms with Crippen LogP contribution in [-0.2, 0) is 16.6 Å². The summed E-state index contributed by atoms with van der Waals surface area (Å²) in [5, 5.41) is 4.79. The van der Waals surface area contributed by atoms with E-state index < -0.39 is 10.0 Å². The Bertz CT molecular complexity index is 1760. The third kappa shape index (κ3) is 4.20. The molecule has 4 heterocycles. The first-order valence-electron chi connectivity index (χ1n) is 11.0. The number of rotatable bonds is 5. The Morgan fingerprint density at radius 3 is 2.61 bits per heavy atom. The van der Waals surface area contributed by atoms with Crippen LogP contribution in [0.2, 0.25) is 0 Å². The lowest BCUT2D eigenvalue weighted by atomic mass is 10.2. The fraction of sp³-hybridized carbons (Fsp3) is 0.227. The molecule has 3 aromatic heterocycles. The van der Waals surface area contributed by atoms with Gasteiger partial charge in [0.05, 0.1) is 17.4 Å². The summed E-state index contributed by atoms with van der Waals surface area (Å²) in [6, 6.07) is 12.4. The van der Waals surface area contributed by atoms with Crippen LogP contribution in [0.1, 0.15) is 5.69 Å². The first kappa shape index (κ1) is 23.2. The normalized spacial score (nSPS) is 15.7. The van der Waals surface area contributed by atoms with Gasteiger partial charge in [-0.15, -0.1) is 0 Å². The van der Waals surface area contributed by atoms with Crippen molar-refractivity contribution in [2.45, 2.75) is 11.4 Å². The molecule has 14 heteroatoms. The Hall–Kier alpha value is -3.17. The molecule has 0 bridgehead atoms. The Morgan fingerprint density at radius 1 is 1.00 bits per heavy atom. The lowest BCUT2D eigenvalue weighted by Gasteiger charge is -2.33. The molecule has 1 saturated heterocycles. The SMILES string of the molecule is O=c1cc(CN2CCN(S(=O)(=O)c3cccc4nsnc34)CC2)nc2sc(-c3cccc(F)c3)nn12. The summed E-state index contributed by atoms with van der Waals surface area (Å²) in [5.41, 5.74) is 1.79. The molecule has 0 N–H and O–H groups in total. The van der Waals surface area contributed by atoms with Crippen LogP contribution in [0.4, 0.5) is 4.39 Å². The Labute approximate surface area is 212 Å². The lowest BCUT2D eigenvalue weighted by Crippen LogP contribution is -2.48. The van der Waals surface area contributed by atoms with Crippen molar-refractivity contribution in [3.8, 4) is 10.6 Å². The van der Waals surface area contributed by atoms with Crippen LogP contribution < -0.4 is 5.56 Å². The van der Waals surface area contributed by atoms with Gasteiger partial charge in [0.15, 0.2) is 0 Å². The predicted molar refractivity (Wildman–Crippen MR) is 134 cm³/mol. The molecule has 0 unspecified atom stereocenters. The largest absolute Gasteiger partial charge is 0.295 e. The summed E-state index contributed by atoms with van der Waals surface area (Å²) >= 11 is 2.20. The van der Waals surface area contributed by atoms with Crippen molar-refractivity contribution in [1.29, 1.82) is 0 Å². The molecule has 184 valence electrons. The number of sulfonamides is 1. The molecule has 0 amide bonds. The molecule has 10 nitrogen and oxygen atoms in total. The van der Waals surface area contributed by atoms with Crippen LogP contribution in [-0.4, -0.2) is 67.1 Å². The van der Waals surface area contributed by atoms with Gasteiger partial charge in [-0.25, -0.2) is 17.8 Å². The van der Waals surface area contributed by atoms with Crippen LogP contribution in [0, 0.1) is 5.82 Å². The minimum atomic E-state index is -3.71. The van der Waals surface area contributed by atoms with E-state index >= 15 is 0 Å². The average Bonchev–Trinajstić information content (AvgIpc) is 3.52. The molecule has 36 heavy (non-hydrogen) atoms. The van der Waals surface area contributed by atoms with E-state index in [0.29, 0.717) is 65.0 Å². The van der Waals surface area contributed by atoms with E-state index in [0.717, 1.165) is 11.7 Å². The van der Waals surface area contributed by atoms with Gasteiger partial charge in [-0.3, -0.25) is 9.69 Å². The van der Waals surface area contributed by atoms with Gasteiger partial charge in [0, 0.05) is 44.4 Å². The van der Waals surface area contributed by atoms with Crippen molar-refractivity contribution in [3.63, 3.8) is 0 Å². The molecule has 6 rings (SSSR count). The van der Waals surface area contributed by atoms with Gasteiger partial charge >= 0.3 is 0 Å². The first-order valence-corrected chi connectivity index (χ1v) is 14.0. The average molecular weight is 544 g/mol. The first-order chi connectivity index (χ1) is 17.4. The monoisotopic (exact) mass is 543 g/mol. The zero-order valence-electron chi connectivity index (χ0n) is 18.6. The van der Waals surface area contributed by atoms with Crippen LogP contribution in [0.15, 0.2) is 58.2 Å². The van der Waals surface area contributed by atoms with Gasteiger partial charge in [0.1, 0.15) is 26.8 Å². The van der Waals surface area contributed by atoms with Crippen molar-refractivity contribution >= 4 is 49.1 Å².